The quantitative estimate of drug-likeness (QED) is 0.683. The number of aliphatic carboxylic acids is 1. The van der Waals surface area contributed by atoms with Gasteiger partial charge in [0.1, 0.15) is 0 Å². The van der Waals surface area contributed by atoms with Crippen molar-refractivity contribution in [3.63, 3.8) is 0 Å². The van der Waals surface area contributed by atoms with Crippen LogP contribution in [0.4, 0.5) is 0 Å². The summed E-state index contributed by atoms with van der Waals surface area (Å²) in [5, 5.41) is 11.3. The second kappa shape index (κ2) is 5.53. The highest BCUT2D eigenvalue weighted by atomic mass is 16.4. The summed E-state index contributed by atoms with van der Waals surface area (Å²) in [6.07, 6.45) is 1.98. The Morgan fingerprint density at radius 2 is 1.87 bits per heavy atom. The van der Waals surface area contributed by atoms with Gasteiger partial charge in [-0.2, -0.15) is 0 Å². The van der Waals surface area contributed by atoms with Crippen LogP contribution in [0, 0.1) is 0 Å². The zero-order valence-corrected chi connectivity index (χ0v) is 9.76. The lowest BCUT2D eigenvalue weighted by molar-refractivity contribution is -0.137. The summed E-state index contributed by atoms with van der Waals surface area (Å²) >= 11 is 0. The van der Waals surface area contributed by atoms with Crippen LogP contribution in [0.15, 0.2) is 11.6 Å². The monoisotopic (exact) mass is 213 g/mol. The summed E-state index contributed by atoms with van der Waals surface area (Å²) < 4.78 is 0. The highest BCUT2D eigenvalue weighted by Gasteiger charge is 2.20. The molecule has 0 saturated heterocycles. The fourth-order valence-electron chi connectivity index (χ4n) is 1.11. The molecule has 0 unspecified atom stereocenters. The van der Waals surface area contributed by atoms with Gasteiger partial charge in [-0.3, -0.25) is 9.59 Å². The van der Waals surface area contributed by atoms with Crippen LogP contribution in [-0.4, -0.2) is 22.5 Å². The minimum atomic E-state index is -0.848. The van der Waals surface area contributed by atoms with E-state index in [9.17, 15) is 9.59 Å². The molecule has 0 rings (SSSR count). The second-order valence-corrected chi connectivity index (χ2v) is 4.49. The number of hydrogen-bond acceptors (Lipinski definition) is 2. The number of rotatable bonds is 5. The molecule has 0 aromatic rings. The van der Waals surface area contributed by atoms with Crippen molar-refractivity contribution in [2.45, 2.75) is 46.1 Å². The number of hydrogen-bond donors (Lipinski definition) is 2. The minimum absolute atomic E-state index is 0.0576. The fraction of sp³-hybridized carbons (Fsp3) is 0.636. The smallest absolute Gasteiger partial charge is 0.303 e. The van der Waals surface area contributed by atoms with Crippen LogP contribution in [0.25, 0.3) is 0 Å². The first-order valence-corrected chi connectivity index (χ1v) is 4.92. The van der Waals surface area contributed by atoms with E-state index in [2.05, 4.69) is 5.32 Å². The maximum absolute atomic E-state index is 11.4. The first kappa shape index (κ1) is 13.7. The van der Waals surface area contributed by atoms with Gasteiger partial charge in [-0.15, -0.1) is 0 Å². The van der Waals surface area contributed by atoms with E-state index in [0.29, 0.717) is 6.42 Å². The summed E-state index contributed by atoms with van der Waals surface area (Å²) in [7, 11) is 0. The minimum Gasteiger partial charge on any atom is -0.481 e. The van der Waals surface area contributed by atoms with E-state index in [1.54, 1.807) is 0 Å². The Morgan fingerprint density at radius 1 is 1.33 bits per heavy atom. The Kier molecular flexibility index (Phi) is 5.05. The number of carboxylic acid groups (broad SMARTS) is 1. The van der Waals surface area contributed by atoms with Crippen LogP contribution in [0.1, 0.15) is 40.5 Å². The molecule has 0 atom stereocenters. The Labute approximate surface area is 90.4 Å². The fourth-order valence-corrected chi connectivity index (χ4v) is 1.11. The maximum Gasteiger partial charge on any atom is 0.303 e. The molecule has 0 radical (unpaired) electrons. The molecule has 0 aliphatic heterocycles. The third-order valence-corrected chi connectivity index (χ3v) is 1.85. The van der Waals surface area contributed by atoms with E-state index in [4.69, 9.17) is 5.11 Å². The summed E-state index contributed by atoms with van der Waals surface area (Å²) in [6, 6.07) is 0. The van der Waals surface area contributed by atoms with Gasteiger partial charge in [-0.1, -0.05) is 5.57 Å². The zero-order chi connectivity index (χ0) is 12.1. The van der Waals surface area contributed by atoms with Gasteiger partial charge in [0.05, 0.1) is 0 Å². The summed E-state index contributed by atoms with van der Waals surface area (Å²) in [6.45, 7) is 7.30. The van der Waals surface area contributed by atoms with Crippen molar-refractivity contribution in [2.24, 2.45) is 0 Å². The molecular weight excluding hydrogens is 194 g/mol. The van der Waals surface area contributed by atoms with Gasteiger partial charge < -0.3 is 10.4 Å². The molecule has 0 bridgehead atoms. The van der Waals surface area contributed by atoms with Gasteiger partial charge in [-0.25, -0.2) is 0 Å². The molecule has 0 aromatic carbocycles. The highest BCUT2D eigenvalue weighted by molar-refractivity contribution is 5.88. The molecule has 4 heteroatoms. The summed E-state index contributed by atoms with van der Waals surface area (Å²) in [4.78, 5) is 21.8. The lowest BCUT2D eigenvalue weighted by Crippen LogP contribution is -2.43. The van der Waals surface area contributed by atoms with E-state index >= 15 is 0 Å². The average Bonchev–Trinajstić information content (AvgIpc) is 1.98. The molecule has 0 saturated carbocycles. The average molecular weight is 213 g/mol. The zero-order valence-electron chi connectivity index (χ0n) is 9.76. The van der Waals surface area contributed by atoms with Crippen molar-refractivity contribution >= 4 is 11.9 Å². The van der Waals surface area contributed by atoms with Crippen LogP contribution < -0.4 is 5.32 Å². The summed E-state index contributed by atoms with van der Waals surface area (Å²) in [5.74, 6) is -1.02. The third-order valence-electron chi connectivity index (χ3n) is 1.85. The van der Waals surface area contributed by atoms with Crippen molar-refractivity contribution in [2.75, 3.05) is 0 Å². The van der Waals surface area contributed by atoms with Crippen LogP contribution in [0.2, 0.25) is 0 Å². The molecule has 0 aliphatic carbocycles. The molecule has 0 spiro atoms. The standard InChI is InChI=1S/C11H19NO3/c1-8(2)7-9(13)12-11(3,4)6-5-10(14)15/h7H,5-6H2,1-4H3,(H,12,13)(H,14,15). The van der Waals surface area contributed by atoms with Crippen molar-refractivity contribution in [1.29, 1.82) is 0 Å². The number of allylic oxidation sites excluding steroid dienone is 1. The van der Waals surface area contributed by atoms with Gasteiger partial charge in [0.15, 0.2) is 0 Å². The Morgan fingerprint density at radius 3 is 2.27 bits per heavy atom. The first-order chi connectivity index (χ1) is 6.73. The number of carbonyl (C=O) groups excluding carboxylic acids is 1. The number of nitrogens with one attached hydrogen (secondary N) is 1. The molecular formula is C11H19NO3. The van der Waals surface area contributed by atoms with Gasteiger partial charge in [0.25, 0.3) is 0 Å². The summed E-state index contributed by atoms with van der Waals surface area (Å²) in [5.41, 5.74) is 0.433. The normalized spacial score (nSPS) is 10.7. The number of carbonyl (C=O) groups is 2. The molecule has 0 aromatic heterocycles. The molecule has 2 N–H and O–H groups in total. The largest absolute Gasteiger partial charge is 0.481 e. The van der Waals surface area contributed by atoms with Gasteiger partial charge in [-0.05, 0) is 34.1 Å². The van der Waals surface area contributed by atoms with Crippen LogP contribution in [0.3, 0.4) is 0 Å². The van der Waals surface area contributed by atoms with Gasteiger partial charge >= 0.3 is 5.97 Å². The highest BCUT2D eigenvalue weighted by Crippen LogP contribution is 2.11. The van der Waals surface area contributed by atoms with Crippen LogP contribution in [-0.2, 0) is 9.59 Å². The van der Waals surface area contributed by atoms with E-state index in [1.165, 1.54) is 6.08 Å². The molecule has 0 heterocycles. The molecule has 4 nitrogen and oxygen atoms in total. The Balaban J connectivity index is 4.19. The maximum atomic E-state index is 11.4. The Hall–Kier alpha value is -1.32. The van der Waals surface area contributed by atoms with Crippen LogP contribution in [0.5, 0.6) is 0 Å². The van der Waals surface area contributed by atoms with E-state index in [-0.39, 0.29) is 12.3 Å². The Bertz CT molecular complexity index is 276. The van der Waals surface area contributed by atoms with Crippen LogP contribution >= 0.6 is 0 Å². The van der Waals surface area contributed by atoms with Crippen molar-refractivity contribution in [3.05, 3.63) is 11.6 Å². The van der Waals surface area contributed by atoms with Gasteiger partial charge in [0, 0.05) is 18.0 Å². The molecule has 15 heavy (non-hydrogen) atoms. The second-order valence-electron chi connectivity index (χ2n) is 4.49. The van der Waals surface area contributed by atoms with E-state index in [1.807, 2.05) is 27.7 Å². The molecule has 0 aliphatic rings. The van der Waals surface area contributed by atoms with Crippen molar-refractivity contribution < 1.29 is 14.7 Å². The first-order valence-electron chi connectivity index (χ1n) is 4.92. The molecule has 0 fully saturated rings. The lowest BCUT2D eigenvalue weighted by atomic mass is 9.98. The number of carboxylic acids is 1. The van der Waals surface area contributed by atoms with E-state index < -0.39 is 11.5 Å². The van der Waals surface area contributed by atoms with Crippen molar-refractivity contribution in [1.82, 2.24) is 5.32 Å². The van der Waals surface area contributed by atoms with Gasteiger partial charge in [0.2, 0.25) is 5.91 Å². The van der Waals surface area contributed by atoms with E-state index in [0.717, 1.165) is 5.57 Å². The van der Waals surface area contributed by atoms with Crippen molar-refractivity contribution in [3.8, 4) is 0 Å². The SMILES string of the molecule is CC(C)=CC(=O)NC(C)(C)CCC(=O)O. The number of amides is 1. The molecule has 1 amide bonds. The predicted octanol–water partition coefficient (Wildman–Crippen LogP) is 1.71. The topological polar surface area (TPSA) is 66.4 Å². The molecule has 86 valence electrons. The lowest BCUT2D eigenvalue weighted by Gasteiger charge is -2.24. The third kappa shape index (κ3) is 7.73. The predicted molar refractivity (Wildman–Crippen MR) is 58.5 cm³/mol.